The molecule has 1 aromatic rings. The van der Waals surface area contributed by atoms with Crippen LogP contribution < -0.4 is 11.3 Å². The van der Waals surface area contributed by atoms with Gasteiger partial charge in [-0.15, -0.1) is 0 Å². The predicted molar refractivity (Wildman–Crippen MR) is 70.4 cm³/mol. The number of hydrazine groups is 1. The van der Waals surface area contributed by atoms with E-state index in [0.29, 0.717) is 6.07 Å². The van der Waals surface area contributed by atoms with Crippen LogP contribution in [0.4, 0.5) is 17.6 Å². The summed E-state index contributed by atoms with van der Waals surface area (Å²) in [4.78, 5) is 0. The normalized spacial score (nSPS) is 14.2. The van der Waals surface area contributed by atoms with Crippen LogP contribution in [0.25, 0.3) is 0 Å². The Kier molecular flexibility index (Phi) is 5.71. The Bertz CT molecular complexity index is 587. The van der Waals surface area contributed by atoms with Gasteiger partial charge in [-0.05, 0) is 30.5 Å². The van der Waals surface area contributed by atoms with Gasteiger partial charge in [-0.3, -0.25) is 11.3 Å². The topological polar surface area (TPSA) is 72.2 Å². The summed E-state index contributed by atoms with van der Waals surface area (Å²) in [5.74, 6) is 3.82. The Balaban J connectivity index is 2.91. The largest absolute Gasteiger partial charge is 0.419 e. The summed E-state index contributed by atoms with van der Waals surface area (Å²) < 4.78 is 73.1. The molecule has 1 rings (SSSR count). The molecule has 0 saturated carbocycles. The molecule has 0 aliphatic carbocycles. The SMILES string of the molecule is CS(=O)(=O)CCCC(NN)c1ccc(F)c(C(F)(F)F)c1. The van der Waals surface area contributed by atoms with Crippen molar-refractivity contribution in [3.05, 3.63) is 35.1 Å². The average molecular weight is 328 g/mol. The minimum Gasteiger partial charge on any atom is -0.271 e. The second-order valence-electron chi connectivity index (χ2n) is 4.73. The molecule has 0 heterocycles. The van der Waals surface area contributed by atoms with Crippen LogP contribution in [0.1, 0.15) is 30.0 Å². The van der Waals surface area contributed by atoms with Gasteiger partial charge >= 0.3 is 6.18 Å². The summed E-state index contributed by atoms with van der Waals surface area (Å²) in [7, 11) is -3.16. The van der Waals surface area contributed by atoms with Crippen molar-refractivity contribution in [1.82, 2.24) is 5.43 Å². The van der Waals surface area contributed by atoms with Gasteiger partial charge in [0, 0.05) is 18.1 Å². The highest BCUT2D eigenvalue weighted by atomic mass is 32.2. The van der Waals surface area contributed by atoms with Crippen LogP contribution >= 0.6 is 0 Å². The summed E-state index contributed by atoms with van der Waals surface area (Å²) in [5, 5.41) is 0. The summed E-state index contributed by atoms with van der Waals surface area (Å²) >= 11 is 0. The first-order valence-corrected chi connectivity index (χ1v) is 8.11. The Labute approximate surface area is 120 Å². The zero-order valence-corrected chi connectivity index (χ0v) is 12.1. The van der Waals surface area contributed by atoms with E-state index < -0.39 is 33.4 Å². The molecule has 1 atom stereocenters. The maximum atomic E-state index is 13.2. The Morgan fingerprint density at radius 3 is 2.43 bits per heavy atom. The number of sulfone groups is 1. The van der Waals surface area contributed by atoms with Crippen molar-refractivity contribution in [2.75, 3.05) is 12.0 Å². The number of nitrogens with one attached hydrogen (secondary N) is 1. The van der Waals surface area contributed by atoms with Crippen LogP contribution in [0.15, 0.2) is 18.2 Å². The molecular formula is C12H16F4N2O2S. The van der Waals surface area contributed by atoms with Crippen LogP contribution in [0, 0.1) is 5.82 Å². The van der Waals surface area contributed by atoms with E-state index in [2.05, 4.69) is 5.43 Å². The van der Waals surface area contributed by atoms with Crippen LogP contribution in [-0.2, 0) is 16.0 Å². The quantitative estimate of drug-likeness (QED) is 0.477. The standard InChI is InChI=1S/C12H16F4N2O2S/c1-21(19,20)6-2-3-11(18-17)8-4-5-10(13)9(7-8)12(14,15)16/h4-5,7,11,18H,2-3,6,17H2,1H3. The maximum Gasteiger partial charge on any atom is 0.419 e. The van der Waals surface area contributed by atoms with E-state index in [0.717, 1.165) is 12.3 Å². The fourth-order valence-corrected chi connectivity index (χ4v) is 2.56. The van der Waals surface area contributed by atoms with Gasteiger partial charge in [0.25, 0.3) is 0 Å². The van der Waals surface area contributed by atoms with Crippen molar-refractivity contribution in [3.8, 4) is 0 Å². The van der Waals surface area contributed by atoms with Crippen molar-refractivity contribution >= 4 is 9.84 Å². The molecule has 0 saturated heterocycles. The molecule has 0 bridgehead atoms. The lowest BCUT2D eigenvalue weighted by molar-refractivity contribution is -0.140. The smallest absolute Gasteiger partial charge is 0.271 e. The first kappa shape index (κ1) is 17.9. The predicted octanol–water partition coefficient (Wildman–Crippen LogP) is 2.17. The van der Waals surface area contributed by atoms with Gasteiger partial charge in [0.05, 0.1) is 5.56 Å². The van der Waals surface area contributed by atoms with Gasteiger partial charge in [-0.1, -0.05) is 6.07 Å². The van der Waals surface area contributed by atoms with E-state index in [1.807, 2.05) is 0 Å². The maximum absolute atomic E-state index is 13.2. The number of rotatable bonds is 6. The van der Waals surface area contributed by atoms with Crippen LogP contribution in [0.2, 0.25) is 0 Å². The minimum atomic E-state index is -4.80. The highest BCUT2D eigenvalue weighted by Gasteiger charge is 2.34. The van der Waals surface area contributed by atoms with Crippen LogP contribution in [0.3, 0.4) is 0 Å². The third kappa shape index (κ3) is 5.60. The molecule has 1 unspecified atom stereocenters. The zero-order chi connectivity index (χ0) is 16.3. The number of halogens is 4. The number of hydrogen-bond donors (Lipinski definition) is 2. The summed E-state index contributed by atoms with van der Waals surface area (Å²) in [6.45, 7) is 0. The number of hydrogen-bond acceptors (Lipinski definition) is 4. The summed E-state index contributed by atoms with van der Waals surface area (Å²) in [6.07, 6.45) is -3.29. The second kappa shape index (κ2) is 6.71. The van der Waals surface area contributed by atoms with Gasteiger partial charge < -0.3 is 0 Å². The third-order valence-corrected chi connectivity index (χ3v) is 3.94. The Morgan fingerprint density at radius 1 is 1.33 bits per heavy atom. The second-order valence-corrected chi connectivity index (χ2v) is 6.99. The fraction of sp³-hybridized carbons (Fsp3) is 0.500. The summed E-state index contributed by atoms with van der Waals surface area (Å²) in [5.41, 5.74) is 1.10. The number of benzene rings is 1. The molecule has 21 heavy (non-hydrogen) atoms. The van der Waals surface area contributed by atoms with Crippen molar-refractivity contribution in [2.24, 2.45) is 5.84 Å². The fourth-order valence-electron chi connectivity index (χ4n) is 1.87. The van der Waals surface area contributed by atoms with E-state index in [-0.39, 0.29) is 24.2 Å². The molecule has 120 valence electrons. The van der Waals surface area contributed by atoms with Gasteiger partial charge in [-0.25, -0.2) is 12.8 Å². The van der Waals surface area contributed by atoms with Crippen LogP contribution in [0.5, 0.6) is 0 Å². The van der Waals surface area contributed by atoms with Crippen LogP contribution in [-0.4, -0.2) is 20.4 Å². The molecule has 0 amide bonds. The van der Waals surface area contributed by atoms with Crippen molar-refractivity contribution in [2.45, 2.75) is 25.1 Å². The molecule has 0 aliphatic heterocycles. The van der Waals surface area contributed by atoms with Crippen molar-refractivity contribution in [3.63, 3.8) is 0 Å². The van der Waals surface area contributed by atoms with E-state index in [4.69, 9.17) is 5.84 Å². The van der Waals surface area contributed by atoms with Gasteiger partial charge in [0.15, 0.2) is 0 Å². The van der Waals surface area contributed by atoms with Crippen molar-refractivity contribution < 1.29 is 26.0 Å². The third-order valence-electron chi connectivity index (χ3n) is 2.91. The van der Waals surface area contributed by atoms with Gasteiger partial charge in [-0.2, -0.15) is 13.2 Å². The monoisotopic (exact) mass is 328 g/mol. The molecule has 9 heteroatoms. The zero-order valence-electron chi connectivity index (χ0n) is 11.2. The highest BCUT2D eigenvalue weighted by Crippen LogP contribution is 2.33. The molecular weight excluding hydrogens is 312 g/mol. The molecule has 0 aromatic heterocycles. The molecule has 1 aromatic carbocycles. The molecule has 0 fully saturated rings. The van der Waals surface area contributed by atoms with E-state index in [1.54, 1.807) is 0 Å². The first-order chi connectivity index (χ1) is 9.54. The lowest BCUT2D eigenvalue weighted by atomic mass is 10.00. The minimum absolute atomic E-state index is 0.0987. The molecule has 0 radical (unpaired) electrons. The lowest BCUT2D eigenvalue weighted by Gasteiger charge is -2.18. The lowest BCUT2D eigenvalue weighted by Crippen LogP contribution is -2.28. The molecule has 0 aliphatic rings. The first-order valence-electron chi connectivity index (χ1n) is 6.05. The van der Waals surface area contributed by atoms with E-state index in [1.165, 1.54) is 6.07 Å². The van der Waals surface area contributed by atoms with E-state index in [9.17, 15) is 26.0 Å². The molecule has 3 N–H and O–H groups in total. The van der Waals surface area contributed by atoms with Gasteiger partial charge in [0.2, 0.25) is 0 Å². The Hall–Kier alpha value is -1.19. The number of nitrogens with two attached hydrogens (primary N) is 1. The summed E-state index contributed by atoms with van der Waals surface area (Å²) in [6, 6.07) is 1.91. The Morgan fingerprint density at radius 2 is 1.95 bits per heavy atom. The van der Waals surface area contributed by atoms with Crippen molar-refractivity contribution in [1.29, 1.82) is 0 Å². The molecule has 0 spiro atoms. The van der Waals surface area contributed by atoms with Gasteiger partial charge in [0.1, 0.15) is 15.7 Å². The number of alkyl halides is 3. The highest BCUT2D eigenvalue weighted by molar-refractivity contribution is 7.90. The van der Waals surface area contributed by atoms with E-state index >= 15 is 0 Å². The average Bonchev–Trinajstić information content (AvgIpc) is 2.33. The molecule has 4 nitrogen and oxygen atoms in total.